The topological polar surface area (TPSA) is 78.9 Å². The van der Waals surface area contributed by atoms with Gasteiger partial charge in [-0.3, -0.25) is 15.6 Å². The molecule has 0 saturated carbocycles. The van der Waals surface area contributed by atoms with Crippen LogP contribution in [0.15, 0.2) is 40.8 Å². The number of aliphatic hydroxyl groups is 1. The number of carbonyl (C=O) groups is 1. The van der Waals surface area contributed by atoms with Crippen LogP contribution in [0.1, 0.15) is 20.8 Å². The molecular formula is C13H20FN3O2. The van der Waals surface area contributed by atoms with Gasteiger partial charge in [0.2, 0.25) is 0 Å². The van der Waals surface area contributed by atoms with Gasteiger partial charge >= 0.3 is 0 Å². The number of halogens is 1. The first kappa shape index (κ1) is 17.2. The fourth-order valence-corrected chi connectivity index (χ4v) is 1.27. The molecule has 0 amide bonds. The highest BCUT2D eigenvalue weighted by Crippen LogP contribution is 2.16. The second kappa shape index (κ2) is 8.34. The van der Waals surface area contributed by atoms with Gasteiger partial charge in [-0.2, -0.15) is 0 Å². The molecule has 0 radical (unpaired) electrons. The zero-order chi connectivity index (χ0) is 15.0. The molecule has 1 atom stereocenters. The fraction of sp³-hybridized carbons (Fsp3) is 0.385. The fourth-order valence-electron chi connectivity index (χ4n) is 1.27. The Labute approximate surface area is 112 Å². The summed E-state index contributed by atoms with van der Waals surface area (Å²) in [5.41, 5.74) is 0.160. The first-order valence-corrected chi connectivity index (χ1v) is 5.75. The number of hydrazine groups is 1. The van der Waals surface area contributed by atoms with E-state index >= 15 is 0 Å². The van der Waals surface area contributed by atoms with Gasteiger partial charge in [-0.15, -0.1) is 0 Å². The zero-order valence-corrected chi connectivity index (χ0v) is 11.4. The smallest absolute Gasteiger partial charge is 0.181 e. The quantitative estimate of drug-likeness (QED) is 0.141. The van der Waals surface area contributed by atoms with E-state index in [1.54, 1.807) is 6.92 Å². The molecule has 0 aliphatic rings. The lowest BCUT2D eigenvalue weighted by atomic mass is 10.1. The van der Waals surface area contributed by atoms with Crippen LogP contribution in [0.2, 0.25) is 0 Å². The Hall–Kier alpha value is -1.79. The van der Waals surface area contributed by atoms with Crippen LogP contribution in [-0.4, -0.2) is 35.0 Å². The van der Waals surface area contributed by atoms with Crippen molar-refractivity contribution in [3.05, 3.63) is 35.8 Å². The van der Waals surface area contributed by atoms with E-state index in [0.717, 1.165) is 5.01 Å². The summed E-state index contributed by atoms with van der Waals surface area (Å²) >= 11 is 0. The Bertz CT molecular complexity index is 426. The molecule has 0 fully saturated rings. The van der Waals surface area contributed by atoms with E-state index in [2.05, 4.69) is 11.6 Å². The number of Topliss-reactive ketones (excluding diaryl/α,β-unsaturated/α-hetero) is 1. The number of allylic oxidation sites excluding steroid dienone is 3. The van der Waals surface area contributed by atoms with Gasteiger partial charge in [0.15, 0.2) is 12.1 Å². The maximum Gasteiger partial charge on any atom is 0.181 e. The predicted molar refractivity (Wildman–Crippen MR) is 74.2 cm³/mol. The Morgan fingerprint density at radius 3 is 2.58 bits per heavy atom. The summed E-state index contributed by atoms with van der Waals surface area (Å²) < 4.78 is 13.0. The highest BCUT2D eigenvalue weighted by atomic mass is 19.1. The molecule has 0 aliphatic heterocycles. The largest absolute Gasteiger partial charge is 0.505 e. The molecule has 0 heterocycles. The van der Waals surface area contributed by atoms with Crippen LogP contribution >= 0.6 is 0 Å². The SMILES string of the molecule is C=C/C=C(CN(N)C(C)F)/C(O)=C(/N=C\C)C(C)=O. The second-order valence-corrected chi connectivity index (χ2v) is 3.81. The Balaban J connectivity index is 5.50. The standard InChI is InChI=1S/C13H20FN3O2/c1-5-7-11(8-17(15)10(4)14)13(19)12(9(3)18)16-6-2/h5-7,10,19H,1,8,15H2,2-4H3/b11-7+,13-12-,16-6-. The average molecular weight is 269 g/mol. The van der Waals surface area contributed by atoms with Crippen LogP contribution in [-0.2, 0) is 4.79 Å². The van der Waals surface area contributed by atoms with Crippen molar-refractivity contribution in [2.24, 2.45) is 10.8 Å². The zero-order valence-electron chi connectivity index (χ0n) is 11.4. The Morgan fingerprint density at radius 2 is 2.21 bits per heavy atom. The van der Waals surface area contributed by atoms with Gasteiger partial charge in [0.25, 0.3) is 0 Å². The maximum absolute atomic E-state index is 13.0. The number of nitrogens with two attached hydrogens (primary N) is 1. The van der Waals surface area contributed by atoms with Crippen molar-refractivity contribution in [2.75, 3.05) is 6.54 Å². The van der Waals surface area contributed by atoms with E-state index in [0.29, 0.717) is 0 Å². The van der Waals surface area contributed by atoms with Gasteiger partial charge in [0.1, 0.15) is 11.5 Å². The molecule has 1 unspecified atom stereocenters. The van der Waals surface area contributed by atoms with Crippen LogP contribution < -0.4 is 5.84 Å². The third-order valence-corrected chi connectivity index (χ3v) is 2.25. The third-order valence-electron chi connectivity index (χ3n) is 2.25. The van der Waals surface area contributed by atoms with E-state index in [1.165, 1.54) is 32.2 Å². The van der Waals surface area contributed by atoms with Crippen LogP contribution in [0, 0.1) is 0 Å². The Kier molecular flexibility index (Phi) is 7.55. The third kappa shape index (κ3) is 5.58. The number of hydrogen-bond acceptors (Lipinski definition) is 5. The molecule has 0 rings (SSSR count). The molecule has 5 nitrogen and oxygen atoms in total. The monoisotopic (exact) mass is 269 g/mol. The number of carbonyl (C=O) groups excluding carboxylic acids is 1. The molecular weight excluding hydrogens is 249 g/mol. The van der Waals surface area contributed by atoms with Crippen LogP contribution in [0.25, 0.3) is 0 Å². The molecule has 19 heavy (non-hydrogen) atoms. The molecule has 0 aromatic carbocycles. The molecule has 0 spiro atoms. The summed E-state index contributed by atoms with van der Waals surface area (Å²) in [6, 6.07) is 0. The van der Waals surface area contributed by atoms with Gasteiger partial charge in [0, 0.05) is 25.3 Å². The number of hydrogen-bond donors (Lipinski definition) is 2. The number of aliphatic hydroxyl groups excluding tert-OH is 1. The van der Waals surface area contributed by atoms with E-state index in [4.69, 9.17) is 5.84 Å². The minimum absolute atomic E-state index is 0.0778. The van der Waals surface area contributed by atoms with E-state index < -0.39 is 12.1 Å². The molecule has 0 saturated heterocycles. The highest BCUT2D eigenvalue weighted by Gasteiger charge is 2.17. The van der Waals surface area contributed by atoms with Gasteiger partial charge in [-0.05, 0) is 13.8 Å². The first-order valence-electron chi connectivity index (χ1n) is 5.75. The van der Waals surface area contributed by atoms with Crippen LogP contribution in [0.3, 0.4) is 0 Å². The van der Waals surface area contributed by atoms with E-state index in [-0.39, 0.29) is 23.6 Å². The van der Waals surface area contributed by atoms with Crippen LogP contribution in [0.4, 0.5) is 4.39 Å². The summed E-state index contributed by atoms with van der Waals surface area (Å²) in [7, 11) is 0. The molecule has 0 aliphatic carbocycles. The van der Waals surface area contributed by atoms with Gasteiger partial charge in [0.05, 0.1) is 0 Å². The summed E-state index contributed by atoms with van der Waals surface area (Å²) in [4.78, 5) is 15.2. The van der Waals surface area contributed by atoms with E-state index in [1.807, 2.05) is 0 Å². The summed E-state index contributed by atoms with van der Waals surface area (Å²) in [5, 5.41) is 10.9. The molecule has 0 bridgehead atoms. The van der Waals surface area contributed by atoms with Crippen molar-refractivity contribution in [3.8, 4) is 0 Å². The van der Waals surface area contributed by atoms with Crippen molar-refractivity contribution in [1.29, 1.82) is 0 Å². The number of aliphatic imine (C=N–C) groups is 1. The lowest BCUT2D eigenvalue weighted by Crippen LogP contribution is -2.38. The summed E-state index contributed by atoms with van der Waals surface area (Å²) in [6.07, 6.45) is 2.86. The normalized spacial score (nSPS) is 15.6. The van der Waals surface area contributed by atoms with Crippen molar-refractivity contribution in [1.82, 2.24) is 5.01 Å². The molecule has 106 valence electrons. The number of rotatable bonds is 7. The maximum atomic E-state index is 13.0. The van der Waals surface area contributed by atoms with Crippen molar-refractivity contribution in [3.63, 3.8) is 0 Å². The van der Waals surface area contributed by atoms with Crippen molar-refractivity contribution in [2.45, 2.75) is 27.1 Å². The molecule has 6 heteroatoms. The summed E-state index contributed by atoms with van der Waals surface area (Å²) in [6.45, 7) is 7.58. The molecule has 3 N–H and O–H groups in total. The van der Waals surface area contributed by atoms with E-state index in [9.17, 15) is 14.3 Å². The van der Waals surface area contributed by atoms with Gasteiger partial charge < -0.3 is 5.11 Å². The van der Waals surface area contributed by atoms with Crippen molar-refractivity contribution < 1.29 is 14.3 Å². The first-order chi connectivity index (χ1) is 8.84. The second-order valence-electron chi connectivity index (χ2n) is 3.81. The lowest BCUT2D eigenvalue weighted by Gasteiger charge is -2.19. The number of ketones is 1. The molecule has 0 aromatic heterocycles. The van der Waals surface area contributed by atoms with Gasteiger partial charge in [-0.25, -0.2) is 9.40 Å². The number of alkyl halides is 1. The highest BCUT2D eigenvalue weighted by molar-refractivity contribution is 5.95. The average Bonchev–Trinajstić information content (AvgIpc) is 2.33. The number of nitrogens with zero attached hydrogens (tertiary/aromatic N) is 2. The lowest BCUT2D eigenvalue weighted by molar-refractivity contribution is -0.113. The van der Waals surface area contributed by atoms with Gasteiger partial charge in [-0.1, -0.05) is 18.7 Å². The molecule has 0 aromatic rings. The Morgan fingerprint density at radius 1 is 1.63 bits per heavy atom. The summed E-state index contributed by atoms with van der Waals surface area (Å²) in [5.74, 6) is 4.73. The van der Waals surface area contributed by atoms with Crippen molar-refractivity contribution >= 4 is 12.0 Å². The van der Waals surface area contributed by atoms with Crippen LogP contribution in [0.5, 0.6) is 0 Å². The predicted octanol–water partition coefficient (Wildman–Crippen LogP) is 2.04. The minimum Gasteiger partial charge on any atom is -0.505 e. The minimum atomic E-state index is -1.39.